The van der Waals surface area contributed by atoms with Crippen molar-refractivity contribution in [2.24, 2.45) is 5.92 Å². The van der Waals surface area contributed by atoms with Gasteiger partial charge in [-0.2, -0.15) is 0 Å². The molecular formula is C30H39ClN4O3. The lowest BCUT2D eigenvalue weighted by atomic mass is 9.74. The maximum Gasteiger partial charge on any atom is 0.319 e. The number of urea groups is 1. The maximum atomic E-state index is 14.1. The van der Waals surface area contributed by atoms with Gasteiger partial charge in [0.2, 0.25) is 11.8 Å². The minimum atomic E-state index is -0.781. The SMILES string of the molecule is Cc1ccc2c(c1)N(CC(=O)NC(C)(C)C)C(=O)[C@H](NC(=O)Nc1cccc(Cl)c1)C[C@@H]2C1CCCCC1. The fourth-order valence-corrected chi connectivity index (χ4v) is 5.94. The van der Waals surface area contributed by atoms with Gasteiger partial charge in [-0.05, 0) is 94.2 Å². The summed E-state index contributed by atoms with van der Waals surface area (Å²) in [6.07, 6.45) is 6.24. The average molecular weight is 539 g/mol. The largest absolute Gasteiger partial charge is 0.350 e. The van der Waals surface area contributed by atoms with Crippen LogP contribution < -0.4 is 20.9 Å². The molecule has 0 unspecified atom stereocenters. The van der Waals surface area contributed by atoms with Gasteiger partial charge in [0.25, 0.3) is 0 Å². The molecule has 2 aliphatic rings. The quantitative estimate of drug-likeness (QED) is 0.426. The normalized spacial score (nSPS) is 20.3. The lowest BCUT2D eigenvalue weighted by Crippen LogP contribution is -2.53. The van der Waals surface area contributed by atoms with Crippen LogP contribution in [0.25, 0.3) is 0 Å². The van der Waals surface area contributed by atoms with Gasteiger partial charge in [0, 0.05) is 21.9 Å². The number of hydrogen-bond donors (Lipinski definition) is 3. The highest BCUT2D eigenvalue weighted by atomic mass is 35.5. The molecule has 0 spiro atoms. The Bertz CT molecular complexity index is 1190. The first-order valence-corrected chi connectivity index (χ1v) is 13.9. The van der Waals surface area contributed by atoms with E-state index in [0.717, 1.165) is 29.7 Å². The number of benzene rings is 2. The van der Waals surface area contributed by atoms with Gasteiger partial charge < -0.3 is 20.9 Å². The van der Waals surface area contributed by atoms with Crippen molar-refractivity contribution in [1.29, 1.82) is 0 Å². The Morgan fingerprint density at radius 2 is 1.79 bits per heavy atom. The molecule has 4 rings (SSSR count). The van der Waals surface area contributed by atoms with E-state index in [4.69, 9.17) is 11.6 Å². The third kappa shape index (κ3) is 7.07. The van der Waals surface area contributed by atoms with Crippen molar-refractivity contribution >= 4 is 40.8 Å². The van der Waals surface area contributed by atoms with Gasteiger partial charge in [-0.25, -0.2) is 4.79 Å². The second kappa shape index (κ2) is 11.8. The Kier molecular flexibility index (Phi) is 8.66. The Morgan fingerprint density at radius 3 is 2.47 bits per heavy atom. The van der Waals surface area contributed by atoms with Crippen molar-refractivity contribution in [3.8, 4) is 0 Å². The molecule has 2 atom stereocenters. The summed E-state index contributed by atoms with van der Waals surface area (Å²) in [5.41, 5.74) is 2.99. The lowest BCUT2D eigenvalue weighted by molar-refractivity contribution is -0.125. The Balaban J connectivity index is 1.68. The van der Waals surface area contributed by atoms with E-state index < -0.39 is 17.6 Å². The van der Waals surface area contributed by atoms with Crippen molar-refractivity contribution in [3.05, 3.63) is 58.6 Å². The van der Waals surface area contributed by atoms with Crippen LogP contribution in [0.4, 0.5) is 16.2 Å². The van der Waals surface area contributed by atoms with Gasteiger partial charge in [-0.3, -0.25) is 9.59 Å². The van der Waals surface area contributed by atoms with Crippen LogP contribution in [0, 0.1) is 12.8 Å². The first-order chi connectivity index (χ1) is 18.0. The monoisotopic (exact) mass is 538 g/mol. The summed E-state index contributed by atoms with van der Waals surface area (Å²) < 4.78 is 0. The summed E-state index contributed by atoms with van der Waals surface area (Å²) in [4.78, 5) is 41.7. The van der Waals surface area contributed by atoms with Crippen LogP contribution in [0.15, 0.2) is 42.5 Å². The van der Waals surface area contributed by atoms with Gasteiger partial charge >= 0.3 is 6.03 Å². The molecule has 2 aromatic rings. The van der Waals surface area contributed by atoms with Crippen molar-refractivity contribution in [2.75, 3.05) is 16.8 Å². The van der Waals surface area contributed by atoms with Crippen LogP contribution in [-0.2, 0) is 9.59 Å². The van der Waals surface area contributed by atoms with E-state index >= 15 is 0 Å². The van der Waals surface area contributed by atoms with Gasteiger partial charge in [0.1, 0.15) is 12.6 Å². The molecule has 7 nitrogen and oxygen atoms in total. The van der Waals surface area contributed by atoms with Gasteiger partial charge in [-0.15, -0.1) is 0 Å². The molecule has 4 amide bonds. The highest BCUT2D eigenvalue weighted by Crippen LogP contribution is 2.44. The van der Waals surface area contributed by atoms with E-state index in [1.54, 1.807) is 29.2 Å². The van der Waals surface area contributed by atoms with Crippen molar-refractivity contribution < 1.29 is 14.4 Å². The van der Waals surface area contributed by atoms with E-state index in [9.17, 15) is 14.4 Å². The Morgan fingerprint density at radius 1 is 1.05 bits per heavy atom. The number of aryl methyl sites for hydroxylation is 1. The summed E-state index contributed by atoms with van der Waals surface area (Å²) >= 11 is 6.08. The fourth-order valence-electron chi connectivity index (χ4n) is 5.75. The maximum absolute atomic E-state index is 14.1. The van der Waals surface area contributed by atoms with Crippen molar-refractivity contribution in [3.63, 3.8) is 0 Å². The number of rotatable bonds is 5. The number of carbonyl (C=O) groups is 3. The molecule has 0 aromatic heterocycles. The van der Waals surface area contributed by atoms with Gasteiger partial charge in [0.15, 0.2) is 0 Å². The van der Waals surface area contributed by atoms with E-state index in [2.05, 4.69) is 28.1 Å². The minimum Gasteiger partial charge on any atom is -0.350 e. The van der Waals surface area contributed by atoms with Crippen LogP contribution in [-0.4, -0.2) is 36.0 Å². The van der Waals surface area contributed by atoms with Crippen LogP contribution in [0.5, 0.6) is 0 Å². The Labute approximate surface area is 230 Å². The molecule has 0 saturated heterocycles. The summed E-state index contributed by atoms with van der Waals surface area (Å²) in [7, 11) is 0. The third-order valence-electron chi connectivity index (χ3n) is 7.35. The second-order valence-corrected chi connectivity index (χ2v) is 12.1. The predicted molar refractivity (Wildman–Crippen MR) is 153 cm³/mol. The Hall–Kier alpha value is -3.06. The summed E-state index contributed by atoms with van der Waals surface area (Å²) in [5, 5.41) is 9.21. The molecule has 204 valence electrons. The lowest BCUT2D eigenvalue weighted by Gasteiger charge is -2.32. The number of hydrogen-bond acceptors (Lipinski definition) is 3. The van der Waals surface area contributed by atoms with E-state index in [-0.39, 0.29) is 24.3 Å². The molecule has 2 aromatic carbocycles. The zero-order valence-electron chi connectivity index (χ0n) is 22.8. The topological polar surface area (TPSA) is 90.5 Å². The summed E-state index contributed by atoms with van der Waals surface area (Å²) in [5.74, 6) is 0.000611. The van der Waals surface area contributed by atoms with Crippen LogP contribution in [0.3, 0.4) is 0 Å². The van der Waals surface area contributed by atoms with E-state index in [0.29, 0.717) is 23.0 Å². The van der Waals surface area contributed by atoms with Gasteiger partial charge in [0.05, 0.1) is 0 Å². The molecule has 1 heterocycles. The average Bonchev–Trinajstić information content (AvgIpc) is 2.94. The number of amides is 4. The third-order valence-corrected chi connectivity index (χ3v) is 7.59. The number of fused-ring (bicyclic) bond motifs is 1. The molecule has 8 heteroatoms. The smallest absolute Gasteiger partial charge is 0.319 e. The molecule has 38 heavy (non-hydrogen) atoms. The molecular weight excluding hydrogens is 500 g/mol. The minimum absolute atomic E-state index is 0.0991. The molecule has 3 N–H and O–H groups in total. The molecule has 0 radical (unpaired) electrons. The van der Waals surface area contributed by atoms with Crippen LogP contribution in [0.2, 0.25) is 5.02 Å². The van der Waals surface area contributed by atoms with Gasteiger partial charge in [-0.1, -0.05) is 49.1 Å². The zero-order valence-corrected chi connectivity index (χ0v) is 23.5. The zero-order chi connectivity index (χ0) is 27.4. The molecule has 0 bridgehead atoms. The fraction of sp³-hybridized carbons (Fsp3) is 0.500. The first-order valence-electron chi connectivity index (χ1n) is 13.6. The summed E-state index contributed by atoms with van der Waals surface area (Å²) in [6, 6.07) is 11.8. The highest BCUT2D eigenvalue weighted by molar-refractivity contribution is 6.30. The number of nitrogens with one attached hydrogen (secondary N) is 3. The second-order valence-electron chi connectivity index (χ2n) is 11.7. The molecule has 1 aliphatic carbocycles. The predicted octanol–water partition coefficient (Wildman–Crippen LogP) is 6.15. The molecule has 1 fully saturated rings. The van der Waals surface area contributed by atoms with E-state index in [1.807, 2.05) is 33.8 Å². The van der Waals surface area contributed by atoms with Crippen LogP contribution in [0.1, 0.15) is 76.3 Å². The highest BCUT2D eigenvalue weighted by Gasteiger charge is 2.40. The van der Waals surface area contributed by atoms with E-state index in [1.165, 1.54) is 19.3 Å². The number of halogens is 1. The number of nitrogens with zero attached hydrogens (tertiary/aromatic N) is 1. The summed E-state index contributed by atoms with van der Waals surface area (Å²) in [6.45, 7) is 7.62. The molecule has 1 saturated carbocycles. The standard InChI is InChI=1S/C30H39ClN4O3/c1-19-13-14-23-24(20-9-6-5-7-10-20)17-25(33-29(38)32-22-12-8-11-21(31)16-22)28(37)35(26(23)15-19)18-27(36)34-30(2,3)4/h8,11-16,20,24-25H,5-7,9-10,17-18H2,1-4H3,(H,34,36)(H2,32,33,38)/t24-,25-/m1/s1. The number of carbonyl (C=O) groups excluding carboxylic acids is 3. The number of anilines is 2. The van der Waals surface area contributed by atoms with Crippen molar-refractivity contribution in [1.82, 2.24) is 10.6 Å². The first kappa shape index (κ1) is 28.0. The van der Waals surface area contributed by atoms with Crippen molar-refractivity contribution in [2.45, 2.75) is 83.7 Å². The van der Waals surface area contributed by atoms with Crippen LogP contribution >= 0.6 is 11.6 Å². The molecule has 1 aliphatic heterocycles.